The lowest BCUT2D eigenvalue weighted by molar-refractivity contribution is 0.0692. The molecule has 0 spiro atoms. The Morgan fingerprint density at radius 2 is 1.77 bits per heavy atom. The van der Waals surface area contributed by atoms with E-state index in [-0.39, 0.29) is 13.2 Å². The molecule has 1 aromatic rings. The highest BCUT2D eigenvalue weighted by Crippen LogP contribution is 2.04. The van der Waals surface area contributed by atoms with Crippen molar-refractivity contribution < 1.29 is 24.3 Å². The van der Waals surface area contributed by atoms with E-state index >= 15 is 0 Å². The molecule has 1 aromatic carbocycles. The van der Waals surface area contributed by atoms with Crippen LogP contribution in [0, 0.1) is 5.82 Å². The monoisotopic (exact) mass is 185 g/mol. The highest BCUT2D eigenvalue weighted by Gasteiger charge is 2.06. The van der Waals surface area contributed by atoms with Crippen molar-refractivity contribution in [2.45, 2.75) is 0 Å². The first-order valence-electron chi connectivity index (χ1n) is 3.21. The van der Waals surface area contributed by atoms with Crippen LogP contribution in [0.4, 0.5) is 4.39 Å². The zero-order valence-corrected chi connectivity index (χ0v) is 6.51. The van der Waals surface area contributed by atoms with Gasteiger partial charge < -0.3 is 15.2 Å². The fraction of sp³-hybridized carbons (Fsp3) is 0. The van der Waals surface area contributed by atoms with Gasteiger partial charge in [0.1, 0.15) is 5.82 Å². The molecule has 13 heavy (non-hydrogen) atoms. The van der Waals surface area contributed by atoms with Crippen LogP contribution in [0.15, 0.2) is 24.3 Å². The molecule has 6 heteroatoms. The summed E-state index contributed by atoms with van der Waals surface area (Å²) in [6, 6.07) is 5.26. The van der Waals surface area contributed by atoms with Crippen LogP contribution in [0.2, 0.25) is 0 Å². The van der Waals surface area contributed by atoms with Crippen molar-refractivity contribution in [1.29, 1.82) is 0 Å². The van der Waals surface area contributed by atoms with Gasteiger partial charge in [0.2, 0.25) is 0 Å². The van der Waals surface area contributed by atoms with E-state index in [1.54, 1.807) is 0 Å². The molecule has 0 saturated carbocycles. The first-order chi connectivity index (χ1) is 6.13. The van der Waals surface area contributed by atoms with Crippen LogP contribution >= 0.6 is 0 Å². The highest BCUT2D eigenvalue weighted by molar-refractivity contribution is 6.13. The standard InChI is InChI=1S/C7H5FO2.BH2O2/c8-6-4-2-1-3-5(6)7(9)10;2-1-3/h1-4H,(H,9,10);2-3H. The average Bonchev–Trinajstić information content (AvgIpc) is 2.06. The van der Waals surface area contributed by atoms with Crippen molar-refractivity contribution in [3.8, 4) is 0 Å². The van der Waals surface area contributed by atoms with Gasteiger partial charge in [-0.05, 0) is 12.1 Å². The minimum absolute atomic E-state index is 0. The largest absolute Gasteiger partial charge is 0.482 e. The second-order valence-corrected chi connectivity index (χ2v) is 1.90. The second-order valence-electron chi connectivity index (χ2n) is 1.90. The van der Waals surface area contributed by atoms with E-state index < -0.39 is 11.8 Å². The highest BCUT2D eigenvalue weighted by atomic mass is 19.1. The fourth-order valence-corrected chi connectivity index (χ4v) is 0.635. The van der Waals surface area contributed by atoms with Gasteiger partial charge in [-0.25, -0.2) is 9.18 Å². The van der Waals surface area contributed by atoms with Crippen LogP contribution in [0.3, 0.4) is 0 Å². The van der Waals surface area contributed by atoms with Crippen LogP contribution in [0.1, 0.15) is 10.4 Å². The molecule has 1 rings (SSSR count). The predicted octanol–water partition coefficient (Wildman–Crippen LogP) is 0.0291. The summed E-state index contributed by atoms with van der Waals surface area (Å²) in [6.07, 6.45) is 0. The third-order valence-corrected chi connectivity index (χ3v) is 1.10. The summed E-state index contributed by atoms with van der Waals surface area (Å²) < 4.78 is 12.5. The third kappa shape index (κ3) is 4.24. The summed E-state index contributed by atoms with van der Waals surface area (Å²) >= 11 is 0. The third-order valence-electron chi connectivity index (χ3n) is 1.10. The molecule has 0 atom stereocenters. The van der Waals surface area contributed by atoms with Crippen LogP contribution < -0.4 is 0 Å². The molecule has 0 aliphatic carbocycles. The van der Waals surface area contributed by atoms with Crippen LogP contribution in [0.5, 0.6) is 0 Å². The van der Waals surface area contributed by atoms with Crippen molar-refractivity contribution in [1.82, 2.24) is 0 Å². The summed E-state index contributed by atoms with van der Waals surface area (Å²) in [7, 11) is 0. The number of hydrogen-bond donors (Lipinski definition) is 3. The molecule has 0 fully saturated rings. The van der Waals surface area contributed by atoms with E-state index in [1.165, 1.54) is 18.2 Å². The van der Waals surface area contributed by atoms with Crippen LogP contribution in [-0.4, -0.2) is 28.8 Å². The lowest BCUT2D eigenvalue weighted by atomic mass is 10.2. The Hall–Kier alpha value is -1.40. The van der Waals surface area contributed by atoms with Crippen molar-refractivity contribution >= 4 is 13.7 Å². The van der Waals surface area contributed by atoms with E-state index in [4.69, 9.17) is 15.2 Å². The maximum absolute atomic E-state index is 12.5. The normalized spacial score (nSPS) is 8.23. The van der Waals surface area contributed by atoms with Gasteiger partial charge in [0.25, 0.3) is 0 Å². The Bertz CT molecular complexity index is 279. The molecule has 3 N–H and O–H groups in total. The van der Waals surface area contributed by atoms with Gasteiger partial charge in [0.05, 0.1) is 5.56 Å². The smallest absolute Gasteiger partial charge is 0.478 e. The molecular formula is C7H7BFO4. The topological polar surface area (TPSA) is 77.8 Å². The minimum atomic E-state index is -1.24. The van der Waals surface area contributed by atoms with E-state index in [0.29, 0.717) is 0 Å². The number of aromatic carboxylic acids is 1. The summed E-state index contributed by atoms with van der Waals surface area (Å²) in [6.45, 7) is 0. The summed E-state index contributed by atoms with van der Waals surface area (Å²) in [5.74, 6) is -1.94. The van der Waals surface area contributed by atoms with Gasteiger partial charge >= 0.3 is 13.7 Å². The summed E-state index contributed by atoms with van der Waals surface area (Å²) in [5.41, 5.74) is -0.289. The Morgan fingerprint density at radius 3 is 2.08 bits per heavy atom. The van der Waals surface area contributed by atoms with Gasteiger partial charge in [-0.15, -0.1) is 0 Å². The zero-order valence-electron chi connectivity index (χ0n) is 6.51. The maximum Gasteiger partial charge on any atom is 0.482 e. The number of hydrogen-bond acceptors (Lipinski definition) is 3. The van der Waals surface area contributed by atoms with Gasteiger partial charge in [0.15, 0.2) is 0 Å². The van der Waals surface area contributed by atoms with Crippen LogP contribution in [0.25, 0.3) is 0 Å². The van der Waals surface area contributed by atoms with Crippen molar-refractivity contribution in [3.05, 3.63) is 35.6 Å². The van der Waals surface area contributed by atoms with Crippen molar-refractivity contribution in [3.63, 3.8) is 0 Å². The maximum atomic E-state index is 12.5. The molecule has 0 unspecified atom stereocenters. The number of carbonyl (C=O) groups is 1. The Morgan fingerprint density at radius 1 is 1.31 bits per heavy atom. The van der Waals surface area contributed by atoms with E-state index in [0.717, 1.165) is 6.07 Å². The van der Waals surface area contributed by atoms with Crippen molar-refractivity contribution in [2.75, 3.05) is 0 Å². The lowest BCUT2D eigenvalue weighted by Crippen LogP contribution is -1.98. The van der Waals surface area contributed by atoms with Crippen molar-refractivity contribution in [2.24, 2.45) is 0 Å². The quantitative estimate of drug-likeness (QED) is 0.539. The van der Waals surface area contributed by atoms with Crippen LogP contribution in [-0.2, 0) is 0 Å². The van der Waals surface area contributed by atoms with Gasteiger partial charge in [0, 0.05) is 0 Å². The number of rotatable bonds is 1. The second kappa shape index (κ2) is 6.16. The Labute approximate surface area is 74.6 Å². The number of benzene rings is 1. The summed E-state index contributed by atoms with van der Waals surface area (Å²) in [4.78, 5) is 10.2. The first-order valence-corrected chi connectivity index (χ1v) is 3.21. The molecule has 69 valence electrons. The molecule has 0 saturated heterocycles. The number of carboxylic acid groups (broad SMARTS) is 1. The molecule has 4 nitrogen and oxygen atoms in total. The average molecular weight is 185 g/mol. The zero-order chi connectivity index (χ0) is 10.3. The van der Waals surface area contributed by atoms with Gasteiger partial charge in [-0.1, -0.05) is 12.1 Å². The molecule has 1 radical (unpaired) electrons. The fourth-order valence-electron chi connectivity index (χ4n) is 0.635. The molecule has 0 bridgehead atoms. The predicted molar refractivity (Wildman–Crippen MR) is 43.6 cm³/mol. The molecule has 0 amide bonds. The van der Waals surface area contributed by atoms with Gasteiger partial charge in [-0.3, -0.25) is 0 Å². The van der Waals surface area contributed by atoms with E-state index in [2.05, 4.69) is 0 Å². The van der Waals surface area contributed by atoms with E-state index in [1.807, 2.05) is 0 Å². The van der Waals surface area contributed by atoms with E-state index in [9.17, 15) is 9.18 Å². The lowest BCUT2D eigenvalue weighted by Gasteiger charge is -1.92. The Kier molecular flexibility index (Phi) is 5.50. The SMILES string of the molecule is O=C(O)c1ccccc1F.O[B]O. The molecule has 0 heterocycles. The minimum Gasteiger partial charge on any atom is -0.478 e. The summed E-state index contributed by atoms with van der Waals surface area (Å²) in [5, 5.41) is 22.3. The molecule has 0 aliphatic rings. The number of carboxylic acids is 1. The molecule has 0 aliphatic heterocycles. The first kappa shape index (κ1) is 11.6. The Balaban J connectivity index is 0.000000424. The molecular weight excluding hydrogens is 178 g/mol. The number of halogens is 1. The van der Waals surface area contributed by atoms with Gasteiger partial charge in [-0.2, -0.15) is 0 Å². The molecule has 0 aromatic heterocycles.